The zero-order chi connectivity index (χ0) is 39.0. The number of fused-ring (bicyclic) bond motifs is 3. The molecule has 2 aliphatic heterocycles. The maximum Gasteiger partial charge on any atom is 0.310 e. The van der Waals surface area contributed by atoms with Gasteiger partial charge in [-0.25, -0.2) is 0 Å². The summed E-state index contributed by atoms with van der Waals surface area (Å²) in [6.45, 7) is 0.0561. The van der Waals surface area contributed by atoms with Gasteiger partial charge < -0.3 is 57.8 Å². The maximum atomic E-state index is 14.9. The van der Waals surface area contributed by atoms with Crippen molar-refractivity contribution < 1.29 is 62.1 Å². The molecule has 0 bridgehead atoms. The number of hydrogen-bond acceptors (Lipinski definition) is 13. The van der Waals surface area contributed by atoms with Gasteiger partial charge in [0.1, 0.15) is 0 Å². The minimum Gasteiger partial charge on any atom is -0.504 e. The molecule has 4 atom stereocenters. The van der Waals surface area contributed by atoms with Gasteiger partial charge in [0.05, 0.1) is 68.3 Å². The summed E-state index contributed by atoms with van der Waals surface area (Å²) >= 11 is 0. The molecule has 7 rings (SSSR count). The van der Waals surface area contributed by atoms with Crippen LogP contribution in [0.2, 0.25) is 0 Å². The van der Waals surface area contributed by atoms with Gasteiger partial charge in [-0.2, -0.15) is 0 Å². The maximum absolute atomic E-state index is 14.9. The minimum absolute atomic E-state index is 0.0156. The number of methoxy groups -OCH3 is 7. The molecule has 0 saturated carbocycles. The number of esters is 1. The van der Waals surface area contributed by atoms with Crippen LogP contribution in [0.4, 0.5) is 0 Å². The van der Waals surface area contributed by atoms with Crippen molar-refractivity contribution >= 4 is 23.5 Å². The molecule has 2 heterocycles. The lowest BCUT2D eigenvalue weighted by Gasteiger charge is -2.39. The van der Waals surface area contributed by atoms with Gasteiger partial charge in [0.25, 0.3) is 5.91 Å². The third-order valence-electron chi connectivity index (χ3n) is 10.3. The van der Waals surface area contributed by atoms with Gasteiger partial charge in [-0.1, -0.05) is 6.07 Å². The first-order chi connectivity index (χ1) is 26.7. The standard InChI is InChI=1S/C41H41NO13/c1-46-28-9-8-20(11-27(28)43)10-23(21-12-31(47-2)38(51-6)32(13-21)48-3)40(44)42-37-25-17-30-29(54-19-55-30)16-24(25)35(36-26(37)18-53-41(36)45)22-14-33(49-4)39(52-7)34(15-22)50-5/h8-17,26,35-37,43H,18-19H2,1-7H3,(H,42,44)/b23-10+/t26-,35+,36-,37+/m0/s1. The van der Waals surface area contributed by atoms with E-state index in [0.717, 1.165) is 5.56 Å². The highest BCUT2D eigenvalue weighted by Crippen LogP contribution is 2.56. The van der Waals surface area contributed by atoms with Crippen LogP contribution in [-0.2, 0) is 14.3 Å². The Balaban J connectivity index is 1.39. The third kappa shape index (κ3) is 6.47. The molecule has 1 aliphatic carbocycles. The molecule has 0 aromatic heterocycles. The summed E-state index contributed by atoms with van der Waals surface area (Å²) in [7, 11) is 10.5. The average molecular weight is 756 g/mol. The molecule has 4 aromatic rings. The van der Waals surface area contributed by atoms with Crippen LogP contribution in [0.1, 0.15) is 39.8 Å². The van der Waals surface area contributed by atoms with Gasteiger partial charge in [0, 0.05) is 17.4 Å². The molecular weight excluding hydrogens is 714 g/mol. The van der Waals surface area contributed by atoms with E-state index >= 15 is 0 Å². The number of phenols is 1. The number of nitrogens with one attached hydrogen (secondary N) is 1. The number of cyclic esters (lactones) is 1. The molecule has 4 aromatic carbocycles. The molecule has 14 heteroatoms. The van der Waals surface area contributed by atoms with Crippen LogP contribution in [0.3, 0.4) is 0 Å². The fourth-order valence-corrected chi connectivity index (χ4v) is 7.73. The lowest BCUT2D eigenvalue weighted by atomic mass is 9.65. The number of carbonyl (C=O) groups is 2. The Morgan fingerprint density at radius 2 is 1.27 bits per heavy atom. The predicted octanol–water partition coefficient (Wildman–Crippen LogP) is 5.51. The Labute approximate surface area is 317 Å². The summed E-state index contributed by atoms with van der Waals surface area (Å²) in [6.07, 6.45) is 1.63. The van der Waals surface area contributed by atoms with Crippen LogP contribution in [0.15, 0.2) is 54.6 Å². The van der Waals surface area contributed by atoms with Gasteiger partial charge in [0.2, 0.25) is 18.3 Å². The van der Waals surface area contributed by atoms with Gasteiger partial charge in [0.15, 0.2) is 46.0 Å². The molecule has 1 saturated heterocycles. The summed E-state index contributed by atoms with van der Waals surface area (Å²) in [5, 5.41) is 13.9. The molecule has 0 radical (unpaired) electrons. The number of carbonyl (C=O) groups excluding carboxylic acids is 2. The molecule has 1 fully saturated rings. The Morgan fingerprint density at radius 3 is 1.82 bits per heavy atom. The first-order valence-corrected chi connectivity index (χ1v) is 17.3. The first kappa shape index (κ1) is 36.9. The van der Waals surface area contributed by atoms with Gasteiger partial charge in [-0.15, -0.1) is 0 Å². The number of rotatable bonds is 12. The van der Waals surface area contributed by atoms with Crippen molar-refractivity contribution in [1.82, 2.24) is 5.32 Å². The van der Waals surface area contributed by atoms with Crippen LogP contribution in [0.25, 0.3) is 11.6 Å². The van der Waals surface area contributed by atoms with E-state index in [0.29, 0.717) is 68.2 Å². The van der Waals surface area contributed by atoms with E-state index in [-0.39, 0.29) is 30.5 Å². The smallest absolute Gasteiger partial charge is 0.310 e. The van der Waals surface area contributed by atoms with E-state index in [1.54, 1.807) is 30.3 Å². The van der Waals surface area contributed by atoms with Crippen molar-refractivity contribution in [2.45, 2.75) is 12.0 Å². The quantitative estimate of drug-likeness (QED) is 0.106. The molecule has 2 N–H and O–H groups in total. The number of hydrogen-bond donors (Lipinski definition) is 2. The molecular formula is C41H41NO13. The van der Waals surface area contributed by atoms with E-state index in [2.05, 4.69) is 5.32 Å². The summed E-state index contributed by atoms with van der Waals surface area (Å²) < 4.78 is 56.4. The number of ether oxygens (including phenoxy) is 10. The number of phenolic OH excluding ortho intramolecular Hbond substituents is 1. The topological polar surface area (TPSA) is 159 Å². The Bertz CT molecular complexity index is 2130. The summed E-state index contributed by atoms with van der Waals surface area (Å²) in [4.78, 5) is 28.7. The van der Waals surface area contributed by atoms with E-state index in [4.69, 9.17) is 47.4 Å². The second-order valence-corrected chi connectivity index (χ2v) is 12.9. The number of benzene rings is 4. The monoisotopic (exact) mass is 755 g/mol. The average Bonchev–Trinajstić information content (AvgIpc) is 3.83. The van der Waals surface area contributed by atoms with Crippen molar-refractivity contribution in [3.8, 4) is 57.5 Å². The highest BCUT2D eigenvalue weighted by molar-refractivity contribution is 6.24. The SMILES string of the molecule is COc1ccc(/C=C(/C(=O)N[C@@H]2c3cc4c(cc3[C@@H](c3cc(OC)c(OC)c(OC)c3)[C@H]3C(=O)OC[C@@H]32)OCO4)c2cc(OC)c(OC)c(OC)c2)cc1O. The Morgan fingerprint density at radius 1 is 0.709 bits per heavy atom. The van der Waals surface area contributed by atoms with Crippen LogP contribution in [0, 0.1) is 11.8 Å². The van der Waals surface area contributed by atoms with Crippen LogP contribution >= 0.6 is 0 Å². The van der Waals surface area contributed by atoms with Crippen LogP contribution < -0.4 is 47.9 Å². The first-order valence-electron chi connectivity index (χ1n) is 17.3. The largest absolute Gasteiger partial charge is 0.504 e. The lowest BCUT2D eigenvalue weighted by Crippen LogP contribution is -2.43. The molecule has 288 valence electrons. The van der Waals surface area contributed by atoms with E-state index in [9.17, 15) is 14.7 Å². The molecule has 55 heavy (non-hydrogen) atoms. The Hall–Kier alpha value is -6.44. The van der Waals surface area contributed by atoms with E-state index in [1.165, 1.54) is 55.8 Å². The minimum atomic E-state index is -0.735. The molecule has 1 amide bonds. The van der Waals surface area contributed by atoms with Crippen LogP contribution in [0.5, 0.6) is 57.5 Å². The predicted molar refractivity (Wildman–Crippen MR) is 198 cm³/mol. The van der Waals surface area contributed by atoms with Crippen molar-refractivity contribution in [2.75, 3.05) is 63.2 Å². The second kappa shape index (κ2) is 15.1. The fraction of sp³-hybridized carbons (Fsp3) is 0.317. The van der Waals surface area contributed by atoms with Crippen molar-refractivity contribution in [1.29, 1.82) is 0 Å². The highest BCUT2D eigenvalue weighted by Gasteiger charge is 2.53. The van der Waals surface area contributed by atoms with E-state index < -0.39 is 35.7 Å². The second-order valence-electron chi connectivity index (χ2n) is 12.9. The zero-order valence-corrected chi connectivity index (χ0v) is 31.3. The van der Waals surface area contributed by atoms with Crippen molar-refractivity contribution in [2.24, 2.45) is 11.8 Å². The van der Waals surface area contributed by atoms with Crippen LogP contribution in [-0.4, -0.2) is 80.2 Å². The molecule has 14 nitrogen and oxygen atoms in total. The summed E-state index contributed by atoms with van der Waals surface area (Å²) in [5.41, 5.74) is 3.27. The zero-order valence-electron chi connectivity index (χ0n) is 31.3. The summed E-state index contributed by atoms with van der Waals surface area (Å²) in [6, 6.07) is 14.7. The lowest BCUT2D eigenvalue weighted by molar-refractivity contribution is -0.141. The fourth-order valence-electron chi connectivity index (χ4n) is 7.73. The Kier molecular flexibility index (Phi) is 10.1. The molecule has 0 spiro atoms. The third-order valence-corrected chi connectivity index (χ3v) is 10.3. The van der Waals surface area contributed by atoms with Gasteiger partial charge >= 0.3 is 5.97 Å². The summed E-state index contributed by atoms with van der Waals surface area (Å²) in [5.74, 6) is 0.686. The van der Waals surface area contributed by atoms with Crippen molar-refractivity contribution in [3.05, 3.63) is 82.4 Å². The molecule has 0 unspecified atom stereocenters. The normalized spacial score (nSPS) is 19.4. The van der Waals surface area contributed by atoms with Gasteiger partial charge in [-0.3, -0.25) is 9.59 Å². The highest BCUT2D eigenvalue weighted by atomic mass is 16.7. The van der Waals surface area contributed by atoms with E-state index in [1.807, 2.05) is 24.3 Å². The van der Waals surface area contributed by atoms with Crippen molar-refractivity contribution in [3.63, 3.8) is 0 Å². The molecule has 3 aliphatic rings. The number of aromatic hydroxyl groups is 1. The number of amides is 1. The van der Waals surface area contributed by atoms with Gasteiger partial charge in [-0.05, 0) is 82.4 Å².